The second kappa shape index (κ2) is 7.02. The molecule has 7 heteroatoms. The minimum Gasteiger partial charge on any atom is -0.351 e. The molecule has 0 atom stereocenters. The van der Waals surface area contributed by atoms with Crippen LogP contribution in [0.25, 0.3) is 0 Å². The van der Waals surface area contributed by atoms with Gasteiger partial charge in [0.15, 0.2) is 0 Å². The maximum Gasteiger partial charge on any atom is 0.261 e. The first-order valence-electron chi connectivity index (χ1n) is 6.34. The van der Waals surface area contributed by atoms with Crippen molar-refractivity contribution in [1.82, 2.24) is 9.62 Å². The Labute approximate surface area is 118 Å². The highest BCUT2D eigenvalue weighted by Crippen LogP contribution is 2.22. The average Bonchev–Trinajstić information content (AvgIpc) is 2.87. The van der Waals surface area contributed by atoms with Gasteiger partial charge in [0.25, 0.3) is 5.91 Å². The standard InChI is InChI=1S/C12H20N2O3S2/c1-4-7-13-12(15)11-8-10(9-18-11)19(16,17)14(5-2)6-3/h8-9H,4-7H2,1-3H3,(H,13,15). The van der Waals surface area contributed by atoms with Crippen LogP contribution in [-0.2, 0) is 10.0 Å². The summed E-state index contributed by atoms with van der Waals surface area (Å²) in [6.07, 6.45) is 0.849. The van der Waals surface area contributed by atoms with E-state index in [0.717, 1.165) is 17.8 Å². The zero-order valence-corrected chi connectivity index (χ0v) is 13.1. The van der Waals surface area contributed by atoms with Crippen molar-refractivity contribution >= 4 is 27.3 Å². The molecule has 1 N–H and O–H groups in total. The number of hydrogen-bond donors (Lipinski definition) is 1. The molecular formula is C12H20N2O3S2. The van der Waals surface area contributed by atoms with Crippen molar-refractivity contribution in [1.29, 1.82) is 0 Å². The third kappa shape index (κ3) is 3.77. The molecule has 0 fully saturated rings. The van der Waals surface area contributed by atoms with Gasteiger partial charge in [0.1, 0.15) is 0 Å². The molecule has 108 valence electrons. The van der Waals surface area contributed by atoms with Gasteiger partial charge in [-0.3, -0.25) is 4.79 Å². The Morgan fingerprint density at radius 1 is 1.32 bits per heavy atom. The van der Waals surface area contributed by atoms with E-state index < -0.39 is 10.0 Å². The second-order valence-electron chi connectivity index (χ2n) is 3.99. The lowest BCUT2D eigenvalue weighted by Crippen LogP contribution is -2.30. The number of hydrogen-bond acceptors (Lipinski definition) is 4. The molecular weight excluding hydrogens is 284 g/mol. The molecule has 0 saturated heterocycles. The fraction of sp³-hybridized carbons (Fsp3) is 0.583. The highest BCUT2D eigenvalue weighted by Gasteiger charge is 2.24. The molecule has 0 bridgehead atoms. The van der Waals surface area contributed by atoms with Crippen LogP contribution in [0.1, 0.15) is 36.9 Å². The van der Waals surface area contributed by atoms with Gasteiger partial charge in [-0.05, 0) is 12.5 Å². The molecule has 1 aromatic heterocycles. The highest BCUT2D eigenvalue weighted by atomic mass is 32.2. The summed E-state index contributed by atoms with van der Waals surface area (Å²) in [7, 11) is -3.47. The Balaban J connectivity index is 2.93. The summed E-state index contributed by atoms with van der Waals surface area (Å²) in [5, 5.41) is 4.26. The number of carbonyl (C=O) groups excluding carboxylic acids is 1. The van der Waals surface area contributed by atoms with E-state index in [1.165, 1.54) is 15.8 Å². The molecule has 0 unspecified atom stereocenters. The van der Waals surface area contributed by atoms with E-state index in [2.05, 4.69) is 5.32 Å². The summed E-state index contributed by atoms with van der Waals surface area (Å²) in [6, 6.07) is 1.45. The molecule has 0 saturated carbocycles. The van der Waals surface area contributed by atoms with Crippen LogP contribution < -0.4 is 5.32 Å². The predicted octanol–water partition coefficient (Wildman–Crippen LogP) is 1.92. The first-order chi connectivity index (χ1) is 8.97. The summed E-state index contributed by atoms with van der Waals surface area (Å²) in [6.45, 7) is 6.99. The number of amides is 1. The van der Waals surface area contributed by atoms with E-state index in [1.54, 1.807) is 13.8 Å². The van der Waals surface area contributed by atoms with Gasteiger partial charge in [-0.2, -0.15) is 4.31 Å². The Bertz CT molecular complexity index is 519. The second-order valence-corrected chi connectivity index (χ2v) is 6.84. The lowest BCUT2D eigenvalue weighted by molar-refractivity contribution is 0.0957. The maximum atomic E-state index is 12.2. The first-order valence-corrected chi connectivity index (χ1v) is 8.66. The SMILES string of the molecule is CCCNC(=O)c1cc(S(=O)(=O)N(CC)CC)cs1. The van der Waals surface area contributed by atoms with Gasteiger partial charge < -0.3 is 5.32 Å². The molecule has 0 spiro atoms. The quantitative estimate of drug-likeness (QED) is 0.837. The molecule has 0 aliphatic carbocycles. The minimum absolute atomic E-state index is 0.197. The number of sulfonamides is 1. The van der Waals surface area contributed by atoms with Gasteiger partial charge in [-0.25, -0.2) is 8.42 Å². The van der Waals surface area contributed by atoms with E-state index in [-0.39, 0.29) is 10.8 Å². The number of carbonyl (C=O) groups is 1. The normalized spacial score (nSPS) is 11.8. The molecule has 0 radical (unpaired) electrons. The molecule has 5 nitrogen and oxygen atoms in total. The van der Waals surface area contributed by atoms with Crippen molar-refractivity contribution in [2.45, 2.75) is 32.1 Å². The smallest absolute Gasteiger partial charge is 0.261 e. The van der Waals surface area contributed by atoms with Crippen molar-refractivity contribution in [3.05, 3.63) is 16.3 Å². The van der Waals surface area contributed by atoms with Crippen LogP contribution >= 0.6 is 11.3 Å². The predicted molar refractivity (Wildman–Crippen MR) is 77.1 cm³/mol. The average molecular weight is 304 g/mol. The Kier molecular flexibility index (Phi) is 5.96. The zero-order chi connectivity index (χ0) is 14.5. The zero-order valence-electron chi connectivity index (χ0n) is 11.5. The molecule has 1 rings (SSSR count). The summed E-state index contributed by atoms with van der Waals surface area (Å²) < 4.78 is 25.9. The van der Waals surface area contributed by atoms with Gasteiger partial charge in [0.2, 0.25) is 10.0 Å². The topological polar surface area (TPSA) is 66.5 Å². The van der Waals surface area contributed by atoms with Gasteiger partial charge in [0.05, 0.1) is 9.77 Å². The summed E-state index contributed by atoms with van der Waals surface area (Å²) in [5.41, 5.74) is 0. The molecule has 1 amide bonds. The van der Waals surface area contributed by atoms with Crippen LogP contribution in [0.4, 0.5) is 0 Å². The first kappa shape index (κ1) is 16.1. The van der Waals surface area contributed by atoms with Crippen LogP contribution in [0.5, 0.6) is 0 Å². The van der Waals surface area contributed by atoms with Gasteiger partial charge >= 0.3 is 0 Å². The van der Waals surface area contributed by atoms with Crippen molar-refractivity contribution in [2.75, 3.05) is 19.6 Å². The monoisotopic (exact) mass is 304 g/mol. The molecule has 1 heterocycles. The van der Waals surface area contributed by atoms with Crippen LogP contribution in [0, 0.1) is 0 Å². The fourth-order valence-electron chi connectivity index (χ4n) is 1.61. The number of nitrogens with zero attached hydrogens (tertiary/aromatic N) is 1. The summed E-state index contributed by atoms with van der Waals surface area (Å²) in [5.74, 6) is -0.215. The molecule has 19 heavy (non-hydrogen) atoms. The molecule has 1 aromatic rings. The van der Waals surface area contributed by atoms with Crippen molar-refractivity contribution in [3.63, 3.8) is 0 Å². The Morgan fingerprint density at radius 2 is 1.95 bits per heavy atom. The molecule has 0 aromatic carbocycles. The highest BCUT2D eigenvalue weighted by molar-refractivity contribution is 7.89. The summed E-state index contributed by atoms with van der Waals surface area (Å²) >= 11 is 1.16. The Hall–Kier alpha value is -0.920. The van der Waals surface area contributed by atoms with Crippen LogP contribution in [-0.4, -0.2) is 38.3 Å². The third-order valence-corrected chi connectivity index (χ3v) is 5.78. The largest absolute Gasteiger partial charge is 0.351 e. The third-order valence-electron chi connectivity index (χ3n) is 2.68. The lowest BCUT2D eigenvalue weighted by atomic mass is 10.4. The van der Waals surface area contributed by atoms with E-state index in [0.29, 0.717) is 24.5 Å². The summed E-state index contributed by atoms with van der Waals surface area (Å²) in [4.78, 5) is 12.4. The number of thiophene rings is 1. The van der Waals surface area contributed by atoms with Gasteiger partial charge in [-0.15, -0.1) is 11.3 Å². The molecule has 0 aliphatic heterocycles. The maximum absolute atomic E-state index is 12.2. The van der Waals surface area contributed by atoms with Crippen molar-refractivity contribution < 1.29 is 13.2 Å². The van der Waals surface area contributed by atoms with Gasteiger partial charge in [-0.1, -0.05) is 20.8 Å². The fourth-order valence-corrected chi connectivity index (χ4v) is 4.25. The van der Waals surface area contributed by atoms with E-state index in [1.807, 2.05) is 6.92 Å². The van der Waals surface area contributed by atoms with Crippen LogP contribution in [0.2, 0.25) is 0 Å². The minimum atomic E-state index is -3.47. The van der Waals surface area contributed by atoms with E-state index in [9.17, 15) is 13.2 Å². The van der Waals surface area contributed by atoms with Crippen molar-refractivity contribution in [3.8, 4) is 0 Å². The van der Waals surface area contributed by atoms with Crippen molar-refractivity contribution in [2.24, 2.45) is 0 Å². The number of nitrogens with one attached hydrogen (secondary N) is 1. The number of rotatable bonds is 7. The van der Waals surface area contributed by atoms with E-state index >= 15 is 0 Å². The Morgan fingerprint density at radius 3 is 2.47 bits per heavy atom. The van der Waals surface area contributed by atoms with Crippen LogP contribution in [0.3, 0.4) is 0 Å². The molecule has 0 aliphatic rings. The van der Waals surface area contributed by atoms with Gasteiger partial charge in [0, 0.05) is 25.0 Å². The van der Waals surface area contributed by atoms with Crippen LogP contribution in [0.15, 0.2) is 16.3 Å². The lowest BCUT2D eigenvalue weighted by Gasteiger charge is -2.17. The van der Waals surface area contributed by atoms with E-state index in [4.69, 9.17) is 0 Å².